The van der Waals surface area contributed by atoms with E-state index in [2.05, 4.69) is 47.7 Å². The number of primary amides is 1. The van der Waals surface area contributed by atoms with Crippen molar-refractivity contribution in [1.82, 2.24) is 10.6 Å². The van der Waals surface area contributed by atoms with Crippen molar-refractivity contribution in [2.45, 2.75) is 40.3 Å². The highest BCUT2D eigenvalue weighted by Gasteiger charge is 2.06. The average molecular weight is 413 g/mol. The number of amides is 1. The summed E-state index contributed by atoms with van der Waals surface area (Å²) in [6, 6.07) is 13.7. The third kappa shape index (κ3) is 8.03. The Bertz CT molecular complexity index is 852. The van der Waals surface area contributed by atoms with Crippen LogP contribution in [0.3, 0.4) is 0 Å². The van der Waals surface area contributed by atoms with E-state index in [0.29, 0.717) is 31.4 Å². The summed E-state index contributed by atoms with van der Waals surface area (Å²) in [5.41, 5.74) is 8.35. The Morgan fingerprint density at radius 3 is 2.67 bits per heavy atom. The summed E-state index contributed by atoms with van der Waals surface area (Å²) in [7, 11) is 0. The summed E-state index contributed by atoms with van der Waals surface area (Å²) >= 11 is 0. The van der Waals surface area contributed by atoms with Gasteiger partial charge in [-0.05, 0) is 49.6 Å². The SMILES string of the molecule is CCCOc1cc(C)ccc1CNC(=NCc1cccc(OCC(N)=O)c1)NCC. The van der Waals surface area contributed by atoms with E-state index < -0.39 is 5.91 Å². The maximum Gasteiger partial charge on any atom is 0.255 e. The lowest BCUT2D eigenvalue weighted by molar-refractivity contribution is -0.119. The molecule has 0 aliphatic heterocycles. The van der Waals surface area contributed by atoms with Crippen LogP contribution in [0.5, 0.6) is 11.5 Å². The Balaban J connectivity index is 2.03. The quantitative estimate of drug-likeness (QED) is 0.389. The van der Waals surface area contributed by atoms with Crippen molar-refractivity contribution in [2.75, 3.05) is 19.8 Å². The van der Waals surface area contributed by atoms with Gasteiger partial charge in [0, 0.05) is 18.7 Å². The second-order valence-electron chi connectivity index (χ2n) is 6.91. The van der Waals surface area contributed by atoms with Crippen LogP contribution in [0.1, 0.15) is 37.0 Å². The molecule has 2 aromatic carbocycles. The van der Waals surface area contributed by atoms with E-state index in [1.54, 1.807) is 6.07 Å². The number of carbonyl (C=O) groups is 1. The first-order valence-corrected chi connectivity index (χ1v) is 10.3. The van der Waals surface area contributed by atoms with Crippen LogP contribution in [0.2, 0.25) is 0 Å². The Morgan fingerprint density at radius 2 is 1.93 bits per heavy atom. The van der Waals surface area contributed by atoms with Crippen LogP contribution in [0.15, 0.2) is 47.5 Å². The number of hydrogen-bond acceptors (Lipinski definition) is 4. The number of carbonyl (C=O) groups excluding carboxylic acids is 1. The first-order chi connectivity index (χ1) is 14.5. The molecule has 0 saturated heterocycles. The maximum absolute atomic E-state index is 10.9. The van der Waals surface area contributed by atoms with E-state index in [1.807, 2.05) is 25.1 Å². The van der Waals surface area contributed by atoms with Gasteiger partial charge in [0.25, 0.3) is 5.91 Å². The number of nitrogens with zero attached hydrogens (tertiary/aromatic N) is 1. The van der Waals surface area contributed by atoms with Crippen LogP contribution in [0.4, 0.5) is 0 Å². The first kappa shape index (κ1) is 23.1. The van der Waals surface area contributed by atoms with Crippen LogP contribution < -0.4 is 25.8 Å². The molecule has 4 N–H and O–H groups in total. The number of aryl methyl sites for hydroxylation is 1. The molecule has 0 heterocycles. The third-order valence-corrected chi connectivity index (χ3v) is 4.17. The molecule has 0 spiro atoms. The minimum Gasteiger partial charge on any atom is -0.493 e. The first-order valence-electron chi connectivity index (χ1n) is 10.3. The van der Waals surface area contributed by atoms with E-state index >= 15 is 0 Å². The van der Waals surface area contributed by atoms with E-state index in [4.69, 9.17) is 15.2 Å². The Morgan fingerprint density at radius 1 is 1.10 bits per heavy atom. The van der Waals surface area contributed by atoms with Gasteiger partial charge in [-0.2, -0.15) is 0 Å². The fraction of sp³-hybridized carbons (Fsp3) is 0.391. The van der Waals surface area contributed by atoms with Crippen LogP contribution in [-0.2, 0) is 17.9 Å². The van der Waals surface area contributed by atoms with Gasteiger partial charge in [0.05, 0.1) is 13.2 Å². The molecule has 0 saturated carbocycles. The molecule has 0 radical (unpaired) electrons. The van der Waals surface area contributed by atoms with Gasteiger partial charge in [-0.15, -0.1) is 0 Å². The summed E-state index contributed by atoms with van der Waals surface area (Å²) in [6.07, 6.45) is 0.965. The summed E-state index contributed by atoms with van der Waals surface area (Å²) in [4.78, 5) is 15.5. The van der Waals surface area contributed by atoms with Gasteiger partial charge in [0.15, 0.2) is 12.6 Å². The molecule has 0 fully saturated rings. The van der Waals surface area contributed by atoms with Crippen molar-refractivity contribution >= 4 is 11.9 Å². The molecule has 1 amide bonds. The minimum absolute atomic E-state index is 0.143. The van der Waals surface area contributed by atoms with Gasteiger partial charge >= 0.3 is 0 Å². The van der Waals surface area contributed by atoms with Crippen molar-refractivity contribution in [3.8, 4) is 11.5 Å². The van der Waals surface area contributed by atoms with E-state index in [9.17, 15) is 4.79 Å². The number of hydrogen-bond donors (Lipinski definition) is 3. The molecule has 0 aliphatic rings. The van der Waals surface area contributed by atoms with Gasteiger partial charge in [0.1, 0.15) is 11.5 Å². The molecule has 7 heteroatoms. The molecular formula is C23H32N4O3. The molecule has 2 rings (SSSR count). The van der Waals surface area contributed by atoms with Gasteiger partial charge in [-0.3, -0.25) is 4.79 Å². The van der Waals surface area contributed by atoms with Crippen molar-refractivity contribution in [3.05, 3.63) is 59.2 Å². The molecule has 0 aromatic heterocycles. The average Bonchev–Trinajstić information content (AvgIpc) is 2.74. The Kier molecular flexibility index (Phi) is 9.51. The largest absolute Gasteiger partial charge is 0.493 e. The van der Waals surface area contributed by atoms with Crippen LogP contribution in [0.25, 0.3) is 0 Å². The standard InChI is InChI=1S/C23H32N4O3/c1-4-11-29-21-12-17(3)9-10-19(21)15-27-23(25-5-2)26-14-18-7-6-8-20(13-18)30-16-22(24)28/h6-10,12-13H,4-5,11,14-16H2,1-3H3,(H2,24,28)(H2,25,26,27). The number of guanidine groups is 1. The summed E-state index contributed by atoms with van der Waals surface area (Å²) in [6.45, 7) is 8.55. The predicted molar refractivity (Wildman–Crippen MR) is 120 cm³/mol. The second-order valence-corrected chi connectivity index (χ2v) is 6.91. The number of nitrogens with one attached hydrogen (secondary N) is 2. The zero-order valence-electron chi connectivity index (χ0n) is 18.0. The fourth-order valence-corrected chi connectivity index (χ4v) is 2.73. The van der Waals surface area contributed by atoms with E-state index in [1.165, 1.54) is 5.56 Å². The van der Waals surface area contributed by atoms with E-state index in [-0.39, 0.29) is 6.61 Å². The molecule has 0 unspecified atom stereocenters. The Hall–Kier alpha value is -3.22. The third-order valence-electron chi connectivity index (χ3n) is 4.17. The Labute approximate surface area is 178 Å². The molecule has 0 atom stereocenters. The summed E-state index contributed by atoms with van der Waals surface area (Å²) < 4.78 is 11.2. The highest BCUT2D eigenvalue weighted by Crippen LogP contribution is 2.20. The number of aliphatic imine (C=N–C) groups is 1. The lowest BCUT2D eigenvalue weighted by Crippen LogP contribution is -2.36. The molecule has 0 bridgehead atoms. The van der Waals surface area contributed by atoms with Crippen LogP contribution >= 0.6 is 0 Å². The van der Waals surface area contributed by atoms with Crippen molar-refractivity contribution in [2.24, 2.45) is 10.7 Å². The van der Waals surface area contributed by atoms with E-state index in [0.717, 1.165) is 29.8 Å². The lowest BCUT2D eigenvalue weighted by Gasteiger charge is -2.15. The highest BCUT2D eigenvalue weighted by molar-refractivity contribution is 5.79. The number of benzene rings is 2. The number of ether oxygens (including phenoxy) is 2. The summed E-state index contributed by atoms with van der Waals surface area (Å²) in [5.74, 6) is 1.70. The van der Waals surface area contributed by atoms with Crippen molar-refractivity contribution < 1.29 is 14.3 Å². The molecule has 2 aromatic rings. The highest BCUT2D eigenvalue weighted by atomic mass is 16.5. The van der Waals surface area contributed by atoms with Crippen LogP contribution in [-0.4, -0.2) is 31.6 Å². The lowest BCUT2D eigenvalue weighted by atomic mass is 10.1. The smallest absolute Gasteiger partial charge is 0.255 e. The fourth-order valence-electron chi connectivity index (χ4n) is 2.73. The van der Waals surface area contributed by atoms with Crippen molar-refractivity contribution in [1.29, 1.82) is 0 Å². The number of nitrogens with two attached hydrogens (primary N) is 1. The van der Waals surface area contributed by atoms with Gasteiger partial charge in [-0.25, -0.2) is 4.99 Å². The zero-order chi connectivity index (χ0) is 21.8. The molecule has 7 nitrogen and oxygen atoms in total. The molecule has 0 aliphatic carbocycles. The van der Waals surface area contributed by atoms with Gasteiger partial charge in [-0.1, -0.05) is 31.2 Å². The topological polar surface area (TPSA) is 98.0 Å². The molecule has 162 valence electrons. The predicted octanol–water partition coefficient (Wildman–Crippen LogP) is 2.90. The normalized spacial score (nSPS) is 11.1. The molecule has 30 heavy (non-hydrogen) atoms. The maximum atomic E-state index is 10.9. The molecular weight excluding hydrogens is 380 g/mol. The second kappa shape index (κ2) is 12.4. The minimum atomic E-state index is -0.504. The monoisotopic (exact) mass is 412 g/mol. The van der Waals surface area contributed by atoms with Gasteiger partial charge < -0.3 is 25.8 Å². The number of rotatable bonds is 11. The van der Waals surface area contributed by atoms with Crippen LogP contribution in [0, 0.1) is 6.92 Å². The van der Waals surface area contributed by atoms with Gasteiger partial charge in [0.2, 0.25) is 0 Å². The van der Waals surface area contributed by atoms with Crippen molar-refractivity contribution in [3.63, 3.8) is 0 Å². The summed E-state index contributed by atoms with van der Waals surface area (Å²) in [5, 5.41) is 6.62. The zero-order valence-corrected chi connectivity index (χ0v) is 18.0.